The normalized spacial score (nSPS) is 18.6. The van der Waals surface area contributed by atoms with Crippen LogP contribution in [0.1, 0.15) is 6.92 Å². The zero-order valence-corrected chi connectivity index (χ0v) is 11.2. The number of nitrogens with zero attached hydrogens (tertiary/aromatic N) is 3. The van der Waals surface area contributed by atoms with E-state index >= 15 is 0 Å². The Bertz CT molecular complexity index is 508. The summed E-state index contributed by atoms with van der Waals surface area (Å²) >= 11 is 0. The Morgan fingerprint density at radius 3 is 3.20 bits per heavy atom. The van der Waals surface area contributed by atoms with Crippen molar-refractivity contribution in [1.82, 2.24) is 15.6 Å². The van der Waals surface area contributed by atoms with Crippen LogP contribution in [0.3, 0.4) is 0 Å². The minimum atomic E-state index is -0.473. The van der Waals surface area contributed by atoms with Gasteiger partial charge in [0.2, 0.25) is 5.91 Å². The molecule has 0 saturated carbocycles. The van der Waals surface area contributed by atoms with Crippen molar-refractivity contribution in [1.29, 1.82) is 0 Å². The summed E-state index contributed by atoms with van der Waals surface area (Å²) in [5, 5.41) is 17.0. The Kier molecular flexibility index (Phi) is 4.46. The highest BCUT2D eigenvalue weighted by molar-refractivity contribution is 5.86. The van der Waals surface area contributed by atoms with Gasteiger partial charge in [0.25, 0.3) is 0 Å². The quantitative estimate of drug-likeness (QED) is 0.590. The molecule has 2 heterocycles. The summed E-state index contributed by atoms with van der Waals surface area (Å²) in [7, 11) is 0. The molecule has 1 aromatic rings. The second-order valence-corrected chi connectivity index (χ2v) is 4.43. The molecule has 0 radical (unpaired) electrons. The number of rotatable bonds is 4. The number of hydrogen-bond acceptors (Lipinski definition) is 6. The molecule has 1 aromatic heterocycles. The van der Waals surface area contributed by atoms with E-state index in [9.17, 15) is 14.9 Å². The number of carbonyl (C=O) groups excluding carboxylic acids is 1. The van der Waals surface area contributed by atoms with Gasteiger partial charge in [0.15, 0.2) is 0 Å². The molecule has 1 atom stereocenters. The van der Waals surface area contributed by atoms with Gasteiger partial charge >= 0.3 is 5.69 Å². The van der Waals surface area contributed by atoms with E-state index in [2.05, 4.69) is 15.6 Å². The molecule has 20 heavy (non-hydrogen) atoms. The first-order valence-electron chi connectivity index (χ1n) is 6.48. The van der Waals surface area contributed by atoms with Crippen molar-refractivity contribution in [2.24, 2.45) is 0 Å². The van der Waals surface area contributed by atoms with Crippen LogP contribution in [0, 0.1) is 10.1 Å². The number of nitrogens with one attached hydrogen (secondary N) is 2. The molecule has 1 unspecified atom stereocenters. The molecular weight excluding hydrogens is 262 g/mol. The van der Waals surface area contributed by atoms with Gasteiger partial charge in [-0.15, -0.1) is 0 Å². The van der Waals surface area contributed by atoms with Crippen LogP contribution >= 0.6 is 0 Å². The van der Waals surface area contributed by atoms with Crippen molar-refractivity contribution in [3.8, 4) is 0 Å². The van der Waals surface area contributed by atoms with Gasteiger partial charge in [-0.3, -0.25) is 19.9 Å². The highest BCUT2D eigenvalue weighted by Gasteiger charge is 2.32. The summed E-state index contributed by atoms with van der Waals surface area (Å²) in [6.07, 6.45) is 2.71. The number of hydrogen-bond donors (Lipinski definition) is 2. The predicted molar refractivity (Wildman–Crippen MR) is 73.6 cm³/mol. The monoisotopic (exact) mass is 279 g/mol. The molecule has 1 aliphatic rings. The fourth-order valence-corrected chi connectivity index (χ4v) is 2.28. The Morgan fingerprint density at radius 2 is 2.50 bits per heavy atom. The molecule has 1 fully saturated rings. The maximum Gasteiger partial charge on any atom is 0.310 e. The number of likely N-dealkylation sites (N-methyl/N-ethyl adjacent to an activating group) is 1. The summed E-state index contributed by atoms with van der Waals surface area (Å²) in [5.41, 5.74) is 0.353. The second-order valence-electron chi connectivity index (χ2n) is 4.43. The van der Waals surface area contributed by atoms with Crippen LogP contribution in [0.4, 0.5) is 11.4 Å². The van der Waals surface area contributed by atoms with Gasteiger partial charge in [-0.2, -0.15) is 0 Å². The molecule has 8 heteroatoms. The van der Waals surface area contributed by atoms with Gasteiger partial charge in [-0.05, 0) is 13.0 Å². The number of pyridine rings is 1. The molecule has 1 saturated heterocycles. The van der Waals surface area contributed by atoms with E-state index in [0.29, 0.717) is 31.9 Å². The van der Waals surface area contributed by atoms with Crippen LogP contribution in [-0.2, 0) is 4.79 Å². The molecule has 0 aliphatic carbocycles. The van der Waals surface area contributed by atoms with Crippen LogP contribution in [0.15, 0.2) is 18.5 Å². The first kappa shape index (κ1) is 14.2. The molecule has 0 aromatic carbocycles. The van der Waals surface area contributed by atoms with Gasteiger partial charge in [0.05, 0.1) is 4.92 Å². The fourth-order valence-electron chi connectivity index (χ4n) is 2.28. The number of aromatic nitrogens is 1. The van der Waals surface area contributed by atoms with Crippen LogP contribution < -0.4 is 15.5 Å². The first-order valence-corrected chi connectivity index (χ1v) is 6.48. The van der Waals surface area contributed by atoms with E-state index in [-0.39, 0.29) is 11.6 Å². The third-order valence-electron chi connectivity index (χ3n) is 3.18. The largest absolute Gasteiger partial charge is 0.355 e. The number of amides is 1. The van der Waals surface area contributed by atoms with E-state index in [4.69, 9.17) is 0 Å². The molecule has 2 rings (SSSR count). The summed E-state index contributed by atoms with van der Waals surface area (Å²) < 4.78 is 0. The van der Waals surface area contributed by atoms with Crippen molar-refractivity contribution in [3.63, 3.8) is 0 Å². The standard InChI is InChI=1S/C12H17N5O3/c1-2-15-12(18)11-8-14-5-6-16(11)9-3-4-13-7-10(9)17(19)20/h3-4,7,11,14H,2,5-6,8H2,1H3,(H,15,18). The second kappa shape index (κ2) is 6.29. The zero-order valence-electron chi connectivity index (χ0n) is 11.2. The first-order chi connectivity index (χ1) is 9.65. The lowest BCUT2D eigenvalue weighted by molar-refractivity contribution is -0.384. The number of carbonyl (C=O) groups is 1. The van der Waals surface area contributed by atoms with Gasteiger partial charge in [-0.1, -0.05) is 0 Å². The minimum absolute atomic E-state index is 0.0799. The number of nitro groups is 1. The SMILES string of the molecule is CCNC(=O)C1CNCCN1c1ccncc1[N+](=O)[O-]. The Morgan fingerprint density at radius 1 is 1.70 bits per heavy atom. The van der Waals surface area contributed by atoms with Gasteiger partial charge < -0.3 is 15.5 Å². The average molecular weight is 279 g/mol. The van der Waals surface area contributed by atoms with E-state index in [0.717, 1.165) is 0 Å². The van der Waals surface area contributed by atoms with Crippen LogP contribution in [0.2, 0.25) is 0 Å². The van der Waals surface area contributed by atoms with Gasteiger partial charge in [-0.25, -0.2) is 0 Å². The van der Waals surface area contributed by atoms with E-state index in [1.54, 1.807) is 11.0 Å². The highest BCUT2D eigenvalue weighted by atomic mass is 16.6. The third-order valence-corrected chi connectivity index (χ3v) is 3.18. The predicted octanol–water partition coefficient (Wildman–Crippen LogP) is -0.0959. The molecule has 0 spiro atoms. The molecular formula is C12H17N5O3. The van der Waals surface area contributed by atoms with Crippen molar-refractivity contribution in [2.75, 3.05) is 31.1 Å². The topological polar surface area (TPSA) is 100 Å². The molecule has 108 valence electrons. The zero-order chi connectivity index (χ0) is 14.5. The lowest BCUT2D eigenvalue weighted by Crippen LogP contribution is -2.58. The van der Waals surface area contributed by atoms with E-state index in [1.807, 2.05) is 6.92 Å². The van der Waals surface area contributed by atoms with Crippen LogP contribution in [0.25, 0.3) is 0 Å². The number of anilines is 1. The summed E-state index contributed by atoms with van der Waals surface area (Å²) in [6.45, 7) is 4.04. The van der Waals surface area contributed by atoms with E-state index in [1.165, 1.54) is 12.4 Å². The molecule has 2 N–H and O–H groups in total. The fraction of sp³-hybridized carbons (Fsp3) is 0.500. The summed E-state index contributed by atoms with van der Waals surface area (Å²) in [4.78, 5) is 28.2. The molecule has 1 aliphatic heterocycles. The Labute approximate surface area is 116 Å². The van der Waals surface area contributed by atoms with Crippen LogP contribution in [0.5, 0.6) is 0 Å². The van der Waals surface area contributed by atoms with Crippen molar-refractivity contribution >= 4 is 17.3 Å². The van der Waals surface area contributed by atoms with Crippen molar-refractivity contribution in [2.45, 2.75) is 13.0 Å². The van der Waals surface area contributed by atoms with E-state index < -0.39 is 11.0 Å². The van der Waals surface area contributed by atoms with Crippen molar-refractivity contribution in [3.05, 3.63) is 28.6 Å². The lowest BCUT2D eigenvalue weighted by Gasteiger charge is -2.36. The highest BCUT2D eigenvalue weighted by Crippen LogP contribution is 2.28. The third kappa shape index (κ3) is 2.85. The van der Waals surface area contributed by atoms with Crippen LogP contribution in [-0.4, -0.2) is 48.0 Å². The smallest absolute Gasteiger partial charge is 0.310 e. The molecule has 8 nitrogen and oxygen atoms in total. The van der Waals surface area contributed by atoms with Gasteiger partial charge in [0, 0.05) is 32.4 Å². The summed E-state index contributed by atoms with van der Waals surface area (Å²) in [6, 6.07) is 1.13. The lowest BCUT2D eigenvalue weighted by atomic mass is 10.1. The minimum Gasteiger partial charge on any atom is -0.355 e. The Hall–Kier alpha value is -2.22. The maximum atomic E-state index is 12.1. The maximum absolute atomic E-state index is 12.1. The molecule has 1 amide bonds. The summed E-state index contributed by atoms with van der Waals surface area (Å²) in [5.74, 6) is -0.134. The number of piperazine rings is 1. The molecule has 0 bridgehead atoms. The average Bonchev–Trinajstić information content (AvgIpc) is 2.47. The van der Waals surface area contributed by atoms with Crippen molar-refractivity contribution < 1.29 is 9.72 Å². The Balaban J connectivity index is 2.33. The van der Waals surface area contributed by atoms with Gasteiger partial charge in [0.1, 0.15) is 17.9 Å².